The maximum atomic E-state index is 11.7. The Balaban J connectivity index is 2.16. The van der Waals surface area contributed by atoms with E-state index in [0.717, 1.165) is 5.56 Å². The van der Waals surface area contributed by atoms with Crippen molar-refractivity contribution in [3.8, 4) is 0 Å². The third-order valence-corrected chi connectivity index (χ3v) is 1.93. The molecule has 90 valence electrons. The van der Waals surface area contributed by atoms with Crippen molar-refractivity contribution in [1.82, 2.24) is 9.78 Å². The third kappa shape index (κ3) is 4.97. The molecule has 1 rings (SSSR count). The number of alkyl halides is 2. The fraction of sp³-hybridized carbons (Fsp3) is 0.600. The van der Waals surface area contributed by atoms with Gasteiger partial charge in [0, 0.05) is 26.1 Å². The molecule has 0 amide bonds. The van der Waals surface area contributed by atoms with Gasteiger partial charge in [-0.2, -0.15) is 5.10 Å². The highest BCUT2D eigenvalue weighted by molar-refractivity contribution is 5.80. The Morgan fingerprint density at radius 2 is 2.38 bits per heavy atom. The van der Waals surface area contributed by atoms with Gasteiger partial charge in [0.15, 0.2) is 0 Å². The quantitative estimate of drug-likeness (QED) is 0.663. The van der Waals surface area contributed by atoms with Gasteiger partial charge < -0.3 is 4.74 Å². The van der Waals surface area contributed by atoms with Gasteiger partial charge in [-0.3, -0.25) is 9.48 Å². The predicted octanol–water partition coefficient (Wildman–Crippen LogP) is 1.20. The summed E-state index contributed by atoms with van der Waals surface area (Å²) in [6, 6.07) is 0. The first kappa shape index (κ1) is 12.8. The van der Waals surface area contributed by atoms with Crippen molar-refractivity contribution < 1.29 is 18.3 Å². The number of ether oxygens (including phenoxy) is 1. The number of nitrogens with zero attached hydrogens (tertiary/aromatic N) is 2. The zero-order chi connectivity index (χ0) is 12.0. The Morgan fingerprint density at radius 3 is 2.94 bits per heavy atom. The van der Waals surface area contributed by atoms with Crippen molar-refractivity contribution in [2.75, 3.05) is 13.2 Å². The highest BCUT2D eigenvalue weighted by Gasteiger charge is 2.07. The lowest BCUT2D eigenvalue weighted by Gasteiger charge is -2.02. The minimum atomic E-state index is -2.48. The molecular weight excluding hydrogens is 218 g/mol. The minimum absolute atomic E-state index is 0.0396. The molecule has 1 aromatic heterocycles. The molecule has 0 aliphatic heterocycles. The number of Topliss-reactive ketones (excluding diaryl/α,β-unsaturated/α-hetero) is 1. The van der Waals surface area contributed by atoms with Crippen LogP contribution in [0, 0.1) is 0 Å². The van der Waals surface area contributed by atoms with E-state index >= 15 is 0 Å². The van der Waals surface area contributed by atoms with E-state index in [4.69, 9.17) is 0 Å². The van der Waals surface area contributed by atoms with Crippen LogP contribution in [0.15, 0.2) is 12.4 Å². The molecule has 0 N–H and O–H groups in total. The molecule has 0 spiro atoms. The van der Waals surface area contributed by atoms with Gasteiger partial charge in [0.2, 0.25) is 0 Å². The van der Waals surface area contributed by atoms with Gasteiger partial charge >= 0.3 is 0 Å². The fourth-order valence-electron chi connectivity index (χ4n) is 1.24. The molecule has 0 unspecified atom stereocenters. The summed E-state index contributed by atoms with van der Waals surface area (Å²) in [5, 5.41) is 3.92. The lowest BCUT2D eigenvalue weighted by atomic mass is 10.1. The van der Waals surface area contributed by atoms with Crippen molar-refractivity contribution >= 4 is 5.78 Å². The smallest absolute Gasteiger partial charge is 0.261 e. The number of halogens is 2. The normalized spacial score (nSPS) is 11.0. The van der Waals surface area contributed by atoms with Gasteiger partial charge in [-0.1, -0.05) is 0 Å². The van der Waals surface area contributed by atoms with Crippen LogP contribution in [0.3, 0.4) is 0 Å². The highest BCUT2D eigenvalue weighted by atomic mass is 19.3. The number of aromatic nitrogens is 2. The van der Waals surface area contributed by atoms with Crippen LogP contribution >= 0.6 is 0 Å². The van der Waals surface area contributed by atoms with E-state index in [2.05, 4.69) is 9.84 Å². The monoisotopic (exact) mass is 232 g/mol. The zero-order valence-corrected chi connectivity index (χ0v) is 9.03. The largest absolute Gasteiger partial charge is 0.375 e. The van der Waals surface area contributed by atoms with Crippen LogP contribution in [0.1, 0.15) is 12.0 Å². The van der Waals surface area contributed by atoms with Gasteiger partial charge in [-0.15, -0.1) is 0 Å². The minimum Gasteiger partial charge on any atom is -0.375 e. The molecule has 0 aromatic carbocycles. The predicted molar refractivity (Wildman–Crippen MR) is 53.4 cm³/mol. The van der Waals surface area contributed by atoms with Crippen LogP contribution in [0.2, 0.25) is 0 Å². The van der Waals surface area contributed by atoms with E-state index in [1.807, 2.05) is 0 Å². The van der Waals surface area contributed by atoms with Crippen molar-refractivity contribution in [2.24, 2.45) is 7.05 Å². The van der Waals surface area contributed by atoms with E-state index < -0.39 is 13.0 Å². The van der Waals surface area contributed by atoms with Gasteiger partial charge in [0.1, 0.15) is 12.4 Å². The average Bonchev–Trinajstić information content (AvgIpc) is 2.58. The standard InChI is InChI=1S/C10H14F2N2O2/c1-14-6-8(5-13-14)4-9(15)2-3-16-7-10(11)12/h5-6,10H,2-4,7H2,1H3. The summed E-state index contributed by atoms with van der Waals surface area (Å²) in [5.41, 5.74) is 0.821. The Morgan fingerprint density at radius 1 is 1.62 bits per heavy atom. The van der Waals surface area contributed by atoms with E-state index in [-0.39, 0.29) is 25.2 Å². The van der Waals surface area contributed by atoms with E-state index in [0.29, 0.717) is 0 Å². The SMILES string of the molecule is Cn1cc(CC(=O)CCOCC(F)F)cn1. The van der Waals surface area contributed by atoms with Gasteiger partial charge in [-0.05, 0) is 5.56 Å². The van der Waals surface area contributed by atoms with E-state index in [1.165, 1.54) is 0 Å². The summed E-state index contributed by atoms with van der Waals surface area (Å²) in [7, 11) is 1.76. The van der Waals surface area contributed by atoms with Crippen molar-refractivity contribution in [1.29, 1.82) is 0 Å². The first-order valence-electron chi connectivity index (χ1n) is 4.93. The second-order valence-electron chi connectivity index (χ2n) is 3.45. The molecular formula is C10H14F2N2O2. The lowest BCUT2D eigenvalue weighted by molar-refractivity contribution is -0.119. The summed E-state index contributed by atoms with van der Waals surface area (Å²) in [6.45, 7) is -0.566. The summed E-state index contributed by atoms with van der Waals surface area (Å²) >= 11 is 0. The molecule has 0 bridgehead atoms. The van der Waals surface area contributed by atoms with Crippen LogP contribution in [0.5, 0.6) is 0 Å². The maximum absolute atomic E-state index is 11.7. The summed E-state index contributed by atoms with van der Waals surface area (Å²) in [4.78, 5) is 11.4. The first-order valence-corrected chi connectivity index (χ1v) is 4.93. The zero-order valence-electron chi connectivity index (χ0n) is 9.03. The topological polar surface area (TPSA) is 44.1 Å². The fourth-order valence-corrected chi connectivity index (χ4v) is 1.24. The van der Waals surface area contributed by atoms with Crippen LogP contribution in [-0.2, 0) is 23.0 Å². The summed E-state index contributed by atoms with van der Waals surface area (Å²) in [5.74, 6) is -0.0396. The average molecular weight is 232 g/mol. The molecule has 0 aliphatic carbocycles. The summed E-state index contributed by atoms with van der Waals surface area (Å²) < 4.78 is 29.6. The Kier molecular flexibility index (Phi) is 5.04. The van der Waals surface area contributed by atoms with Crippen LogP contribution < -0.4 is 0 Å². The van der Waals surface area contributed by atoms with E-state index in [9.17, 15) is 13.6 Å². The van der Waals surface area contributed by atoms with Gasteiger partial charge in [0.25, 0.3) is 6.43 Å². The van der Waals surface area contributed by atoms with Crippen LogP contribution in [0.25, 0.3) is 0 Å². The van der Waals surface area contributed by atoms with Crippen molar-refractivity contribution in [3.63, 3.8) is 0 Å². The number of rotatable bonds is 7. The number of carbonyl (C=O) groups is 1. The molecule has 0 atom stereocenters. The molecule has 0 fully saturated rings. The Labute approximate surface area is 92.2 Å². The molecule has 0 radical (unpaired) electrons. The molecule has 4 nitrogen and oxygen atoms in total. The highest BCUT2D eigenvalue weighted by Crippen LogP contribution is 2.01. The Hall–Kier alpha value is -1.30. The second kappa shape index (κ2) is 6.32. The lowest BCUT2D eigenvalue weighted by Crippen LogP contribution is -2.10. The molecule has 1 aromatic rings. The molecule has 6 heteroatoms. The number of hydrogen-bond donors (Lipinski definition) is 0. The van der Waals surface area contributed by atoms with Gasteiger partial charge in [-0.25, -0.2) is 8.78 Å². The molecule has 1 heterocycles. The molecule has 0 aliphatic rings. The maximum Gasteiger partial charge on any atom is 0.261 e. The third-order valence-electron chi connectivity index (χ3n) is 1.93. The molecule has 0 saturated carbocycles. The molecule has 0 saturated heterocycles. The second-order valence-corrected chi connectivity index (χ2v) is 3.45. The Bertz CT molecular complexity index is 339. The first-order chi connectivity index (χ1) is 7.58. The number of carbonyl (C=O) groups excluding carboxylic acids is 1. The van der Waals surface area contributed by atoms with Crippen LogP contribution in [0.4, 0.5) is 8.78 Å². The van der Waals surface area contributed by atoms with Gasteiger partial charge in [0.05, 0.1) is 12.8 Å². The number of hydrogen-bond acceptors (Lipinski definition) is 3. The van der Waals surface area contributed by atoms with E-state index in [1.54, 1.807) is 24.1 Å². The van der Waals surface area contributed by atoms with Crippen molar-refractivity contribution in [2.45, 2.75) is 19.3 Å². The number of ketones is 1. The summed E-state index contributed by atoms with van der Waals surface area (Å²) in [6.07, 6.45) is 1.30. The van der Waals surface area contributed by atoms with Crippen LogP contribution in [-0.4, -0.2) is 35.2 Å². The number of aryl methyl sites for hydroxylation is 1. The molecule has 16 heavy (non-hydrogen) atoms. The van der Waals surface area contributed by atoms with Crippen molar-refractivity contribution in [3.05, 3.63) is 18.0 Å².